The lowest BCUT2D eigenvalue weighted by Gasteiger charge is -2.29. The van der Waals surface area contributed by atoms with Crippen molar-refractivity contribution in [3.05, 3.63) is 35.4 Å². The standard InChI is InChI=1S/C17H26N2O/c1-4-14-7-9-15(10-8-14)17(20)19(13(2)3)12-16-6-5-11-18-16/h7-10,13,16,18H,4-6,11-12H2,1-3H3. The smallest absolute Gasteiger partial charge is 0.254 e. The van der Waals surface area contributed by atoms with Crippen molar-refractivity contribution in [2.75, 3.05) is 13.1 Å². The van der Waals surface area contributed by atoms with Crippen LogP contribution in [0.25, 0.3) is 0 Å². The Morgan fingerprint density at radius 1 is 1.35 bits per heavy atom. The van der Waals surface area contributed by atoms with Gasteiger partial charge < -0.3 is 10.2 Å². The summed E-state index contributed by atoms with van der Waals surface area (Å²) in [5.74, 6) is 0.149. The van der Waals surface area contributed by atoms with Crippen molar-refractivity contribution in [1.29, 1.82) is 0 Å². The van der Waals surface area contributed by atoms with Crippen LogP contribution < -0.4 is 5.32 Å². The number of hydrogen-bond acceptors (Lipinski definition) is 2. The molecular formula is C17H26N2O. The highest BCUT2D eigenvalue weighted by atomic mass is 16.2. The third-order valence-corrected chi connectivity index (χ3v) is 4.07. The molecule has 1 unspecified atom stereocenters. The lowest BCUT2D eigenvalue weighted by Crippen LogP contribution is -2.44. The number of benzene rings is 1. The second kappa shape index (κ2) is 6.89. The van der Waals surface area contributed by atoms with Crippen LogP contribution >= 0.6 is 0 Å². The number of hydrogen-bond donors (Lipinski definition) is 1. The fourth-order valence-electron chi connectivity index (χ4n) is 2.73. The molecule has 1 amide bonds. The maximum atomic E-state index is 12.7. The van der Waals surface area contributed by atoms with Gasteiger partial charge in [-0.05, 0) is 57.4 Å². The normalized spacial score (nSPS) is 18.5. The summed E-state index contributed by atoms with van der Waals surface area (Å²) in [6.07, 6.45) is 3.40. The quantitative estimate of drug-likeness (QED) is 0.895. The molecular weight excluding hydrogens is 248 g/mol. The minimum Gasteiger partial charge on any atom is -0.335 e. The van der Waals surface area contributed by atoms with Gasteiger partial charge >= 0.3 is 0 Å². The van der Waals surface area contributed by atoms with Crippen LogP contribution in [0.5, 0.6) is 0 Å². The van der Waals surface area contributed by atoms with Gasteiger partial charge in [0.1, 0.15) is 0 Å². The summed E-state index contributed by atoms with van der Waals surface area (Å²) in [5.41, 5.74) is 2.07. The summed E-state index contributed by atoms with van der Waals surface area (Å²) in [6, 6.07) is 8.71. The molecule has 0 radical (unpaired) electrons. The van der Waals surface area contributed by atoms with E-state index in [1.807, 2.05) is 17.0 Å². The third-order valence-electron chi connectivity index (χ3n) is 4.07. The van der Waals surface area contributed by atoms with Gasteiger partial charge in [0.15, 0.2) is 0 Å². The first-order valence-corrected chi connectivity index (χ1v) is 7.75. The number of amides is 1. The highest BCUT2D eigenvalue weighted by molar-refractivity contribution is 5.94. The highest BCUT2D eigenvalue weighted by Crippen LogP contribution is 2.14. The average molecular weight is 274 g/mol. The first-order valence-electron chi connectivity index (χ1n) is 7.75. The number of aryl methyl sites for hydroxylation is 1. The van der Waals surface area contributed by atoms with E-state index < -0.39 is 0 Å². The molecule has 2 rings (SSSR count). The second-order valence-electron chi connectivity index (χ2n) is 5.90. The summed E-state index contributed by atoms with van der Waals surface area (Å²) >= 11 is 0. The number of nitrogens with one attached hydrogen (secondary N) is 1. The van der Waals surface area contributed by atoms with E-state index in [1.54, 1.807) is 0 Å². The number of nitrogens with zero attached hydrogens (tertiary/aromatic N) is 1. The lowest BCUT2D eigenvalue weighted by atomic mass is 10.1. The molecule has 0 saturated carbocycles. The van der Waals surface area contributed by atoms with Crippen LogP contribution in [0, 0.1) is 0 Å². The van der Waals surface area contributed by atoms with Gasteiger partial charge in [0, 0.05) is 24.2 Å². The van der Waals surface area contributed by atoms with Crippen molar-refractivity contribution in [3.8, 4) is 0 Å². The number of carbonyl (C=O) groups is 1. The van der Waals surface area contributed by atoms with Crippen LogP contribution in [0.15, 0.2) is 24.3 Å². The van der Waals surface area contributed by atoms with Crippen LogP contribution in [0.2, 0.25) is 0 Å². The fraction of sp³-hybridized carbons (Fsp3) is 0.588. The van der Waals surface area contributed by atoms with Crippen molar-refractivity contribution in [3.63, 3.8) is 0 Å². The molecule has 0 bridgehead atoms. The highest BCUT2D eigenvalue weighted by Gasteiger charge is 2.24. The molecule has 20 heavy (non-hydrogen) atoms. The number of rotatable bonds is 5. The van der Waals surface area contributed by atoms with Crippen molar-refractivity contribution in [2.24, 2.45) is 0 Å². The van der Waals surface area contributed by atoms with E-state index in [1.165, 1.54) is 18.4 Å². The molecule has 1 atom stereocenters. The van der Waals surface area contributed by atoms with E-state index in [-0.39, 0.29) is 11.9 Å². The van der Waals surface area contributed by atoms with Gasteiger partial charge in [0.05, 0.1) is 0 Å². The Bertz CT molecular complexity index is 433. The van der Waals surface area contributed by atoms with E-state index in [9.17, 15) is 4.79 Å². The summed E-state index contributed by atoms with van der Waals surface area (Å²) in [6.45, 7) is 8.20. The molecule has 1 fully saturated rings. The Hall–Kier alpha value is -1.35. The minimum atomic E-state index is 0.149. The first kappa shape index (κ1) is 15.0. The molecule has 0 aromatic heterocycles. The van der Waals surface area contributed by atoms with Gasteiger partial charge in [-0.2, -0.15) is 0 Å². The van der Waals surface area contributed by atoms with Gasteiger partial charge in [-0.15, -0.1) is 0 Å². The molecule has 1 aliphatic rings. The monoisotopic (exact) mass is 274 g/mol. The molecule has 0 spiro atoms. The molecule has 1 aromatic carbocycles. The molecule has 0 aliphatic carbocycles. The Morgan fingerprint density at radius 3 is 2.55 bits per heavy atom. The molecule has 1 aliphatic heterocycles. The lowest BCUT2D eigenvalue weighted by molar-refractivity contribution is 0.0689. The van der Waals surface area contributed by atoms with Gasteiger partial charge in [0.25, 0.3) is 5.91 Å². The SMILES string of the molecule is CCc1ccc(C(=O)N(CC2CCCN2)C(C)C)cc1. The zero-order chi connectivity index (χ0) is 14.5. The molecule has 1 N–H and O–H groups in total. The first-order chi connectivity index (χ1) is 9.61. The summed E-state index contributed by atoms with van der Waals surface area (Å²) in [5, 5.41) is 3.47. The minimum absolute atomic E-state index is 0.149. The zero-order valence-electron chi connectivity index (χ0n) is 12.9. The van der Waals surface area contributed by atoms with E-state index in [0.29, 0.717) is 6.04 Å². The molecule has 1 saturated heterocycles. The maximum absolute atomic E-state index is 12.7. The molecule has 1 aromatic rings. The summed E-state index contributed by atoms with van der Waals surface area (Å²) < 4.78 is 0. The predicted molar refractivity (Wildman–Crippen MR) is 83.0 cm³/mol. The van der Waals surface area contributed by atoms with E-state index in [2.05, 4.69) is 38.2 Å². The van der Waals surface area contributed by atoms with Gasteiger partial charge in [-0.3, -0.25) is 4.79 Å². The Kier molecular flexibility index (Phi) is 5.18. The van der Waals surface area contributed by atoms with Gasteiger partial charge in [-0.25, -0.2) is 0 Å². The van der Waals surface area contributed by atoms with E-state index in [4.69, 9.17) is 0 Å². The van der Waals surface area contributed by atoms with E-state index >= 15 is 0 Å². The van der Waals surface area contributed by atoms with Gasteiger partial charge in [0.2, 0.25) is 0 Å². The fourth-order valence-corrected chi connectivity index (χ4v) is 2.73. The topological polar surface area (TPSA) is 32.3 Å². The van der Waals surface area contributed by atoms with Crippen molar-refractivity contribution in [1.82, 2.24) is 10.2 Å². The zero-order valence-corrected chi connectivity index (χ0v) is 12.9. The Balaban J connectivity index is 2.08. The Morgan fingerprint density at radius 2 is 2.05 bits per heavy atom. The van der Waals surface area contributed by atoms with Gasteiger partial charge in [-0.1, -0.05) is 19.1 Å². The van der Waals surface area contributed by atoms with Crippen molar-refractivity contribution in [2.45, 2.75) is 52.1 Å². The largest absolute Gasteiger partial charge is 0.335 e. The predicted octanol–water partition coefficient (Wildman–Crippen LogP) is 2.85. The van der Waals surface area contributed by atoms with Crippen LogP contribution in [0.4, 0.5) is 0 Å². The molecule has 110 valence electrons. The second-order valence-corrected chi connectivity index (χ2v) is 5.90. The van der Waals surface area contributed by atoms with E-state index in [0.717, 1.165) is 25.1 Å². The van der Waals surface area contributed by atoms with Crippen LogP contribution in [0.1, 0.15) is 49.5 Å². The Labute approximate surface area is 122 Å². The number of carbonyl (C=O) groups excluding carboxylic acids is 1. The van der Waals surface area contributed by atoms with Crippen LogP contribution in [-0.4, -0.2) is 36.0 Å². The average Bonchev–Trinajstić information content (AvgIpc) is 2.97. The summed E-state index contributed by atoms with van der Waals surface area (Å²) in [7, 11) is 0. The molecule has 1 heterocycles. The van der Waals surface area contributed by atoms with Crippen molar-refractivity contribution < 1.29 is 4.79 Å². The van der Waals surface area contributed by atoms with Crippen LogP contribution in [0.3, 0.4) is 0 Å². The van der Waals surface area contributed by atoms with Crippen molar-refractivity contribution >= 4 is 5.91 Å². The maximum Gasteiger partial charge on any atom is 0.254 e. The third kappa shape index (κ3) is 3.60. The molecule has 3 heteroatoms. The molecule has 3 nitrogen and oxygen atoms in total. The summed E-state index contributed by atoms with van der Waals surface area (Å²) in [4.78, 5) is 14.7. The van der Waals surface area contributed by atoms with Crippen LogP contribution in [-0.2, 0) is 6.42 Å².